The zero-order valence-electron chi connectivity index (χ0n) is 10.8. The van der Waals surface area contributed by atoms with Gasteiger partial charge in [0.1, 0.15) is 5.58 Å². The second-order valence-corrected chi connectivity index (χ2v) is 4.16. The molecule has 0 unspecified atom stereocenters. The lowest BCUT2D eigenvalue weighted by atomic mass is 10.2. The number of rotatable bonds is 6. The molecule has 1 heterocycles. The van der Waals surface area contributed by atoms with Crippen LogP contribution in [0.5, 0.6) is 0 Å². The lowest BCUT2D eigenvalue weighted by Crippen LogP contribution is -2.35. The van der Waals surface area contributed by atoms with Gasteiger partial charge in [-0.25, -0.2) is 0 Å². The minimum absolute atomic E-state index is 0.0876. The summed E-state index contributed by atoms with van der Waals surface area (Å²) in [6, 6.07) is 9.17. The lowest BCUT2D eigenvalue weighted by Gasteiger charge is -2.19. The summed E-state index contributed by atoms with van der Waals surface area (Å²) in [6.07, 6.45) is 0. The zero-order chi connectivity index (χ0) is 13.7. The summed E-state index contributed by atoms with van der Waals surface area (Å²) in [5.74, 6) is 0.0491. The first-order valence-corrected chi connectivity index (χ1v) is 6.14. The Morgan fingerprint density at radius 1 is 1.37 bits per heavy atom. The highest BCUT2D eigenvalue weighted by atomic mass is 16.5. The van der Waals surface area contributed by atoms with E-state index in [1.807, 2.05) is 24.3 Å². The number of carbonyl (C=O) groups is 1. The fourth-order valence-electron chi connectivity index (χ4n) is 1.88. The highest BCUT2D eigenvalue weighted by molar-refractivity contribution is 5.96. The van der Waals surface area contributed by atoms with E-state index in [-0.39, 0.29) is 24.8 Å². The zero-order valence-corrected chi connectivity index (χ0v) is 10.8. The topological polar surface area (TPSA) is 62.9 Å². The number of nitrogens with zero attached hydrogens (tertiary/aromatic N) is 1. The molecular formula is C14H17NO4. The summed E-state index contributed by atoms with van der Waals surface area (Å²) in [4.78, 5) is 13.8. The second-order valence-electron chi connectivity index (χ2n) is 4.16. The average molecular weight is 263 g/mol. The SMILES string of the molecule is COCCN(CCO)C(=O)c1cc2ccccc2o1. The van der Waals surface area contributed by atoms with E-state index in [0.29, 0.717) is 18.7 Å². The molecule has 0 aliphatic heterocycles. The van der Waals surface area contributed by atoms with Gasteiger partial charge in [0.25, 0.3) is 5.91 Å². The van der Waals surface area contributed by atoms with Gasteiger partial charge in [-0.3, -0.25) is 4.79 Å². The van der Waals surface area contributed by atoms with Crippen LogP contribution in [0, 0.1) is 0 Å². The summed E-state index contributed by atoms with van der Waals surface area (Å²) < 4.78 is 10.5. The van der Waals surface area contributed by atoms with Crippen LogP contribution in [-0.4, -0.2) is 49.3 Å². The highest BCUT2D eigenvalue weighted by Crippen LogP contribution is 2.19. The van der Waals surface area contributed by atoms with Gasteiger partial charge in [0.2, 0.25) is 0 Å². The molecule has 0 bridgehead atoms. The maximum Gasteiger partial charge on any atom is 0.289 e. The third kappa shape index (κ3) is 3.13. The molecule has 2 rings (SSSR count). The Labute approximate surface area is 111 Å². The summed E-state index contributed by atoms with van der Waals surface area (Å²) in [5, 5.41) is 9.90. The number of aliphatic hydroxyl groups excluding tert-OH is 1. The van der Waals surface area contributed by atoms with E-state index in [9.17, 15) is 4.79 Å². The first-order chi connectivity index (χ1) is 9.26. The van der Waals surface area contributed by atoms with Crippen LogP contribution in [0.2, 0.25) is 0 Å². The first kappa shape index (κ1) is 13.6. The summed E-state index contributed by atoms with van der Waals surface area (Å²) in [5.41, 5.74) is 0.682. The molecular weight excluding hydrogens is 246 g/mol. The van der Waals surface area contributed by atoms with Crippen molar-refractivity contribution in [1.82, 2.24) is 4.90 Å². The Bertz CT molecular complexity index is 516. The molecule has 1 aromatic heterocycles. The van der Waals surface area contributed by atoms with Crippen molar-refractivity contribution < 1.29 is 19.1 Å². The van der Waals surface area contributed by atoms with Crippen LogP contribution in [0.4, 0.5) is 0 Å². The van der Waals surface area contributed by atoms with Crippen LogP contribution < -0.4 is 0 Å². The number of aliphatic hydroxyl groups is 1. The van der Waals surface area contributed by atoms with Gasteiger partial charge in [-0.05, 0) is 12.1 Å². The molecule has 0 aliphatic carbocycles. The molecule has 5 nitrogen and oxygen atoms in total. The number of hydrogen-bond acceptors (Lipinski definition) is 4. The predicted molar refractivity (Wildman–Crippen MR) is 71.1 cm³/mol. The van der Waals surface area contributed by atoms with E-state index >= 15 is 0 Å². The second kappa shape index (κ2) is 6.36. The first-order valence-electron chi connectivity index (χ1n) is 6.14. The van der Waals surface area contributed by atoms with Gasteiger partial charge in [0, 0.05) is 25.6 Å². The number of methoxy groups -OCH3 is 1. The van der Waals surface area contributed by atoms with Gasteiger partial charge in [0.15, 0.2) is 5.76 Å². The Hall–Kier alpha value is -1.85. The number of fused-ring (bicyclic) bond motifs is 1. The van der Waals surface area contributed by atoms with Crippen LogP contribution >= 0.6 is 0 Å². The van der Waals surface area contributed by atoms with E-state index < -0.39 is 0 Å². The van der Waals surface area contributed by atoms with Crippen LogP contribution in [0.3, 0.4) is 0 Å². The number of furan rings is 1. The normalized spacial score (nSPS) is 10.8. The minimum atomic E-state index is -0.234. The van der Waals surface area contributed by atoms with Crippen LogP contribution in [0.15, 0.2) is 34.7 Å². The molecule has 5 heteroatoms. The fourth-order valence-corrected chi connectivity index (χ4v) is 1.88. The quantitative estimate of drug-likeness (QED) is 0.858. The van der Waals surface area contributed by atoms with Gasteiger partial charge in [0.05, 0.1) is 13.2 Å². The molecule has 19 heavy (non-hydrogen) atoms. The molecule has 0 radical (unpaired) electrons. The average Bonchev–Trinajstić information content (AvgIpc) is 2.86. The van der Waals surface area contributed by atoms with Crippen molar-refractivity contribution in [3.8, 4) is 0 Å². The molecule has 2 aromatic rings. The molecule has 102 valence electrons. The van der Waals surface area contributed by atoms with Gasteiger partial charge in [-0.2, -0.15) is 0 Å². The van der Waals surface area contributed by atoms with E-state index in [0.717, 1.165) is 5.39 Å². The molecule has 1 aromatic carbocycles. The van der Waals surface area contributed by atoms with E-state index in [1.54, 1.807) is 13.2 Å². The number of para-hydroxylation sites is 1. The summed E-state index contributed by atoms with van der Waals surface area (Å²) in [7, 11) is 1.57. The van der Waals surface area contributed by atoms with Crippen molar-refractivity contribution in [2.45, 2.75) is 0 Å². The van der Waals surface area contributed by atoms with Gasteiger partial charge >= 0.3 is 0 Å². The van der Waals surface area contributed by atoms with Crippen LogP contribution in [0.1, 0.15) is 10.6 Å². The third-order valence-corrected chi connectivity index (χ3v) is 2.86. The number of ether oxygens (including phenoxy) is 1. The monoisotopic (exact) mass is 263 g/mol. The third-order valence-electron chi connectivity index (χ3n) is 2.86. The molecule has 0 saturated carbocycles. The Balaban J connectivity index is 2.19. The van der Waals surface area contributed by atoms with Crippen molar-refractivity contribution in [2.24, 2.45) is 0 Å². The highest BCUT2D eigenvalue weighted by Gasteiger charge is 2.19. The molecule has 0 saturated heterocycles. The Morgan fingerprint density at radius 2 is 2.16 bits per heavy atom. The number of amides is 1. The van der Waals surface area contributed by atoms with Crippen LogP contribution in [-0.2, 0) is 4.74 Å². The number of carbonyl (C=O) groups excluding carboxylic acids is 1. The van der Waals surface area contributed by atoms with Crippen molar-refractivity contribution in [2.75, 3.05) is 33.4 Å². The van der Waals surface area contributed by atoms with Gasteiger partial charge < -0.3 is 19.2 Å². The van der Waals surface area contributed by atoms with Crippen molar-refractivity contribution in [3.63, 3.8) is 0 Å². The number of hydrogen-bond donors (Lipinski definition) is 1. The summed E-state index contributed by atoms with van der Waals surface area (Å²) in [6.45, 7) is 1.02. The van der Waals surface area contributed by atoms with E-state index in [4.69, 9.17) is 14.3 Å². The fraction of sp³-hybridized carbons (Fsp3) is 0.357. The minimum Gasteiger partial charge on any atom is -0.451 e. The Kier molecular flexibility index (Phi) is 4.54. The molecule has 0 spiro atoms. The maximum atomic E-state index is 12.3. The summed E-state index contributed by atoms with van der Waals surface area (Å²) >= 11 is 0. The maximum absolute atomic E-state index is 12.3. The van der Waals surface area contributed by atoms with Crippen LogP contribution in [0.25, 0.3) is 11.0 Å². The number of benzene rings is 1. The standard InChI is InChI=1S/C14H17NO4/c1-18-9-7-15(6-8-16)14(17)13-10-11-4-2-3-5-12(11)19-13/h2-5,10,16H,6-9H2,1H3. The van der Waals surface area contributed by atoms with Gasteiger partial charge in [-0.1, -0.05) is 18.2 Å². The van der Waals surface area contributed by atoms with Gasteiger partial charge in [-0.15, -0.1) is 0 Å². The van der Waals surface area contributed by atoms with Crippen molar-refractivity contribution in [3.05, 3.63) is 36.1 Å². The molecule has 1 N–H and O–H groups in total. The van der Waals surface area contributed by atoms with E-state index in [1.165, 1.54) is 4.90 Å². The largest absolute Gasteiger partial charge is 0.451 e. The molecule has 0 atom stereocenters. The lowest BCUT2D eigenvalue weighted by molar-refractivity contribution is 0.0628. The smallest absolute Gasteiger partial charge is 0.289 e. The van der Waals surface area contributed by atoms with Crippen molar-refractivity contribution >= 4 is 16.9 Å². The Morgan fingerprint density at radius 3 is 2.84 bits per heavy atom. The predicted octanol–water partition coefficient (Wildman–Crippen LogP) is 1.51. The van der Waals surface area contributed by atoms with Crippen molar-refractivity contribution in [1.29, 1.82) is 0 Å². The molecule has 1 amide bonds. The molecule has 0 fully saturated rings. The van der Waals surface area contributed by atoms with E-state index in [2.05, 4.69) is 0 Å². The molecule has 0 aliphatic rings.